The lowest BCUT2D eigenvalue weighted by molar-refractivity contribution is -0.113. The number of aryl methyl sites for hydroxylation is 1. The first kappa shape index (κ1) is 17.3. The number of benzene rings is 1. The number of carbonyl (C=O) groups excluding carboxylic acids is 1. The van der Waals surface area contributed by atoms with Crippen molar-refractivity contribution in [3.05, 3.63) is 29.8 Å². The van der Waals surface area contributed by atoms with E-state index in [0.29, 0.717) is 16.8 Å². The predicted octanol–water partition coefficient (Wildman–Crippen LogP) is 4.33. The van der Waals surface area contributed by atoms with Crippen molar-refractivity contribution in [3.8, 4) is 0 Å². The molecule has 0 saturated carbocycles. The molecule has 0 radical (unpaired) electrons. The summed E-state index contributed by atoms with van der Waals surface area (Å²) >= 11 is 4.62. The SMILES string of the molecule is Cc1ccc(SCC(=O)Nc2nnc(SCC(C)C)s2)cc1. The number of nitrogens with zero attached hydrogens (tertiary/aromatic N) is 2. The predicted molar refractivity (Wildman–Crippen MR) is 96.0 cm³/mol. The third kappa shape index (κ3) is 5.98. The highest BCUT2D eigenvalue weighted by molar-refractivity contribution is 8.01. The van der Waals surface area contributed by atoms with Crippen LogP contribution in [0.3, 0.4) is 0 Å². The summed E-state index contributed by atoms with van der Waals surface area (Å²) in [6.07, 6.45) is 0. The van der Waals surface area contributed by atoms with Crippen molar-refractivity contribution in [2.45, 2.75) is 30.0 Å². The molecule has 1 N–H and O–H groups in total. The molecule has 1 amide bonds. The zero-order chi connectivity index (χ0) is 15.9. The largest absolute Gasteiger partial charge is 0.300 e. The van der Waals surface area contributed by atoms with E-state index in [4.69, 9.17) is 0 Å². The van der Waals surface area contributed by atoms with Gasteiger partial charge in [-0.3, -0.25) is 10.1 Å². The van der Waals surface area contributed by atoms with Gasteiger partial charge in [0.25, 0.3) is 0 Å². The Kier molecular flexibility index (Phi) is 6.72. The molecule has 0 aliphatic rings. The average Bonchev–Trinajstić information content (AvgIpc) is 2.92. The van der Waals surface area contributed by atoms with Gasteiger partial charge in [0.2, 0.25) is 11.0 Å². The summed E-state index contributed by atoms with van der Waals surface area (Å²) in [6, 6.07) is 8.14. The quantitative estimate of drug-likeness (QED) is 0.593. The van der Waals surface area contributed by atoms with Crippen LogP contribution in [0.4, 0.5) is 5.13 Å². The van der Waals surface area contributed by atoms with E-state index in [1.54, 1.807) is 11.8 Å². The maximum absolute atomic E-state index is 11.9. The van der Waals surface area contributed by atoms with Crippen LogP contribution < -0.4 is 5.32 Å². The number of hydrogen-bond acceptors (Lipinski definition) is 6. The second-order valence-corrected chi connectivity index (χ2v) is 8.52. The highest BCUT2D eigenvalue weighted by atomic mass is 32.2. The van der Waals surface area contributed by atoms with Crippen LogP contribution in [-0.4, -0.2) is 27.6 Å². The third-order valence-electron chi connectivity index (χ3n) is 2.58. The number of thioether (sulfide) groups is 2. The summed E-state index contributed by atoms with van der Waals surface area (Å²) in [5.74, 6) is 1.93. The van der Waals surface area contributed by atoms with E-state index in [-0.39, 0.29) is 5.91 Å². The number of rotatable bonds is 7. The Balaban J connectivity index is 1.78. The van der Waals surface area contributed by atoms with Crippen LogP contribution in [0.25, 0.3) is 0 Å². The van der Waals surface area contributed by atoms with Gasteiger partial charge in [0.15, 0.2) is 4.34 Å². The Hall–Kier alpha value is -1.05. The van der Waals surface area contributed by atoms with Gasteiger partial charge >= 0.3 is 0 Å². The monoisotopic (exact) mass is 353 g/mol. The molecule has 4 nitrogen and oxygen atoms in total. The lowest BCUT2D eigenvalue weighted by Gasteiger charge is -2.02. The van der Waals surface area contributed by atoms with Gasteiger partial charge in [-0.15, -0.1) is 22.0 Å². The summed E-state index contributed by atoms with van der Waals surface area (Å²) in [5, 5.41) is 11.5. The molecular formula is C15H19N3OS3. The summed E-state index contributed by atoms with van der Waals surface area (Å²) in [4.78, 5) is 13.0. The van der Waals surface area contributed by atoms with Crippen LogP contribution in [0.5, 0.6) is 0 Å². The molecule has 0 saturated heterocycles. The van der Waals surface area contributed by atoms with E-state index >= 15 is 0 Å². The maximum Gasteiger partial charge on any atom is 0.236 e. The molecule has 0 aliphatic heterocycles. The number of anilines is 1. The molecule has 1 heterocycles. The lowest BCUT2D eigenvalue weighted by atomic mass is 10.2. The van der Waals surface area contributed by atoms with Crippen LogP contribution in [0.15, 0.2) is 33.5 Å². The molecule has 22 heavy (non-hydrogen) atoms. The van der Waals surface area contributed by atoms with Gasteiger partial charge in [0, 0.05) is 10.6 Å². The standard InChI is InChI=1S/C15H19N3OS3/c1-10(2)8-21-15-18-17-14(22-15)16-13(19)9-20-12-6-4-11(3)5-7-12/h4-7,10H,8-9H2,1-3H3,(H,16,17,19). The summed E-state index contributed by atoms with van der Waals surface area (Å²) < 4.78 is 0.898. The molecule has 2 rings (SSSR count). The Morgan fingerprint density at radius 2 is 1.95 bits per heavy atom. The zero-order valence-corrected chi connectivity index (χ0v) is 15.3. The minimum absolute atomic E-state index is 0.0536. The second kappa shape index (κ2) is 8.55. The van der Waals surface area contributed by atoms with E-state index in [1.807, 2.05) is 31.2 Å². The molecule has 1 aromatic heterocycles. The maximum atomic E-state index is 11.9. The second-order valence-electron chi connectivity index (χ2n) is 5.23. The first-order chi connectivity index (χ1) is 10.5. The molecular weight excluding hydrogens is 334 g/mol. The smallest absolute Gasteiger partial charge is 0.236 e. The average molecular weight is 354 g/mol. The molecule has 2 aromatic rings. The van der Waals surface area contributed by atoms with Crippen molar-refractivity contribution in [1.29, 1.82) is 0 Å². The fourth-order valence-corrected chi connectivity index (χ4v) is 3.94. The van der Waals surface area contributed by atoms with Gasteiger partial charge in [-0.05, 0) is 25.0 Å². The molecule has 0 atom stereocenters. The fraction of sp³-hybridized carbons (Fsp3) is 0.400. The van der Waals surface area contributed by atoms with Crippen LogP contribution in [0.1, 0.15) is 19.4 Å². The molecule has 0 bridgehead atoms. The Bertz CT molecular complexity index is 611. The molecule has 118 valence electrons. The van der Waals surface area contributed by atoms with Gasteiger partial charge in [0.05, 0.1) is 5.75 Å². The molecule has 0 spiro atoms. The first-order valence-electron chi connectivity index (χ1n) is 6.98. The van der Waals surface area contributed by atoms with Crippen LogP contribution in [0, 0.1) is 12.8 Å². The van der Waals surface area contributed by atoms with Crippen LogP contribution >= 0.6 is 34.9 Å². The Morgan fingerprint density at radius 1 is 1.23 bits per heavy atom. The van der Waals surface area contributed by atoms with Crippen LogP contribution in [0.2, 0.25) is 0 Å². The van der Waals surface area contributed by atoms with E-state index < -0.39 is 0 Å². The minimum Gasteiger partial charge on any atom is -0.300 e. The Morgan fingerprint density at radius 3 is 2.64 bits per heavy atom. The highest BCUT2D eigenvalue weighted by Crippen LogP contribution is 2.27. The number of aromatic nitrogens is 2. The van der Waals surface area contributed by atoms with Crippen molar-refractivity contribution in [2.24, 2.45) is 5.92 Å². The number of nitrogens with one attached hydrogen (secondary N) is 1. The Labute approximate surface area is 143 Å². The lowest BCUT2D eigenvalue weighted by Crippen LogP contribution is -2.13. The van der Waals surface area contributed by atoms with Gasteiger partial charge in [-0.1, -0.05) is 54.6 Å². The van der Waals surface area contributed by atoms with Crippen LogP contribution in [-0.2, 0) is 4.79 Å². The minimum atomic E-state index is -0.0536. The van der Waals surface area contributed by atoms with E-state index in [1.165, 1.54) is 28.7 Å². The molecule has 0 aliphatic carbocycles. The molecule has 7 heteroatoms. The van der Waals surface area contributed by atoms with Gasteiger partial charge in [0.1, 0.15) is 0 Å². The van der Waals surface area contributed by atoms with E-state index in [9.17, 15) is 4.79 Å². The summed E-state index contributed by atoms with van der Waals surface area (Å²) in [6.45, 7) is 6.38. The number of carbonyl (C=O) groups is 1. The third-order valence-corrected chi connectivity index (χ3v) is 5.99. The van der Waals surface area contributed by atoms with Crippen molar-refractivity contribution >= 4 is 45.9 Å². The summed E-state index contributed by atoms with van der Waals surface area (Å²) in [5.41, 5.74) is 1.22. The zero-order valence-electron chi connectivity index (χ0n) is 12.8. The first-order valence-corrected chi connectivity index (χ1v) is 9.77. The van der Waals surface area contributed by atoms with Crippen molar-refractivity contribution in [2.75, 3.05) is 16.8 Å². The van der Waals surface area contributed by atoms with Gasteiger partial charge < -0.3 is 0 Å². The van der Waals surface area contributed by atoms with Gasteiger partial charge in [-0.2, -0.15) is 0 Å². The molecule has 1 aromatic carbocycles. The summed E-state index contributed by atoms with van der Waals surface area (Å²) in [7, 11) is 0. The molecule has 0 fully saturated rings. The van der Waals surface area contributed by atoms with Crippen molar-refractivity contribution in [3.63, 3.8) is 0 Å². The van der Waals surface area contributed by atoms with Gasteiger partial charge in [-0.25, -0.2) is 0 Å². The van der Waals surface area contributed by atoms with E-state index in [0.717, 1.165) is 15.0 Å². The van der Waals surface area contributed by atoms with Crippen molar-refractivity contribution in [1.82, 2.24) is 10.2 Å². The van der Waals surface area contributed by atoms with Crippen molar-refractivity contribution < 1.29 is 4.79 Å². The van der Waals surface area contributed by atoms with E-state index in [2.05, 4.69) is 29.4 Å². The normalized spacial score (nSPS) is 10.9. The molecule has 0 unspecified atom stereocenters. The topological polar surface area (TPSA) is 54.9 Å². The number of amides is 1. The fourth-order valence-electron chi connectivity index (χ4n) is 1.50. The highest BCUT2D eigenvalue weighted by Gasteiger charge is 2.09. The number of hydrogen-bond donors (Lipinski definition) is 1.